The van der Waals surface area contributed by atoms with Crippen molar-refractivity contribution in [3.05, 3.63) is 16.0 Å². The minimum Gasteiger partial charge on any atom is -0.481 e. The van der Waals surface area contributed by atoms with Crippen molar-refractivity contribution in [2.45, 2.75) is 32.6 Å². The SMILES string of the molecule is CC(=O)O.NC(=O)Nc1sc2c(c1C(=O)NCC(=O)O)CCCC2. The summed E-state index contributed by atoms with van der Waals surface area (Å²) in [6.07, 6.45) is 3.63. The zero-order chi connectivity index (χ0) is 18.3. The van der Waals surface area contributed by atoms with Gasteiger partial charge in [-0.3, -0.25) is 19.7 Å². The highest BCUT2D eigenvalue weighted by molar-refractivity contribution is 7.17. The molecule has 1 aromatic rings. The van der Waals surface area contributed by atoms with Gasteiger partial charge in [-0.25, -0.2) is 4.79 Å². The largest absolute Gasteiger partial charge is 0.481 e. The van der Waals surface area contributed by atoms with Crippen molar-refractivity contribution in [2.75, 3.05) is 11.9 Å². The molecule has 24 heavy (non-hydrogen) atoms. The quantitative estimate of drug-likeness (QED) is 0.541. The number of rotatable bonds is 4. The predicted molar refractivity (Wildman–Crippen MR) is 87.4 cm³/mol. The van der Waals surface area contributed by atoms with Gasteiger partial charge in [0.15, 0.2) is 0 Å². The lowest BCUT2D eigenvalue weighted by molar-refractivity contribution is -0.136. The highest BCUT2D eigenvalue weighted by Crippen LogP contribution is 2.37. The van der Waals surface area contributed by atoms with Crippen molar-refractivity contribution in [2.24, 2.45) is 5.73 Å². The van der Waals surface area contributed by atoms with Gasteiger partial charge in [0.2, 0.25) is 0 Å². The number of hydrogen-bond acceptors (Lipinski definition) is 5. The van der Waals surface area contributed by atoms with Crippen molar-refractivity contribution in [1.29, 1.82) is 0 Å². The fourth-order valence-electron chi connectivity index (χ4n) is 2.25. The zero-order valence-electron chi connectivity index (χ0n) is 13.0. The molecule has 2 rings (SSSR count). The van der Waals surface area contributed by atoms with Crippen LogP contribution < -0.4 is 16.4 Å². The molecule has 0 aliphatic heterocycles. The lowest BCUT2D eigenvalue weighted by atomic mass is 9.95. The Kier molecular flexibility index (Phi) is 7.18. The Morgan fingerprint density at radius 3 is 2.29 bits per heavy atom. The topological polar surface area (TPSA) is 159 Å². The Morgan fingerprint density at radius 1 is 1.17 bits per heavy atom. The molecular formula is C14H19N3O6S. The van der Waals surface area contributed by atoms with Gasteiger partial charge in [0, 0.05) is 11.8 Å². The average Bonchev–Trinajstić information content (AvgIpc) is 2.81. The van der Waals surface area contributed by atoms with E-state index in [0.29, 0.717) is 10.6 Å². The number of carbonyl (C=O) groups excluding carboxylic acids is 2. The first-order valence-corrected chi connectivity index (χ1v) is 7.94. The first kappa shape index (κ1) is 19.4. The zero-order valence-corrected chi connectivity index (χ0v) is 13.9. The van der Waals surface area contributed by atoms with Crippen molar-refractivity contribution >= 4 is 40.2 Å². The van der Waals surface area contributed by atoms with Crippen LogP contribution in [0.3, 0.4) is 0 Å². The number of anilines is 1. The van der Waals surface area contributed by atoms with Crippen LogP contribution in [0.4, 0.5) is 9.80 Å². The highest BCUT2D eigenvalue weighted by Gasteiger charge is 2.26. The van der Waals surface area contributed by atoms with Crippen LogP contribution in [0.2, 0.25) is 0 Å². The molecule has 9 nitrogen and oxygen atoms in total. The van der Waals surface area contributed by atoms with Gasteiger partial charge in [-0.15, -0.1) is 11.3 Å². The molecule has 0 saturated heterocycles. The standard InChI is InChI=1S/C12H15N3O4S.C2H4O2/c13-12(19)15-11-9(10(18)14-5-8(16)17)6-3-1-2-4-7(6)20-11;1-2(3)4/h1-5H2,(H,14,18)(H,16,17)(H3,13,15,19);1H3,(H,3,4). The molecule has 6 N–H and O–H groups in total. The molecule has 1 aromatic heterocycles. The van der Waals surface area contributed by atoms with E-state index in [4.69, 9.17) is 20.7 Å². The Balaban J connectivity index is 0.000000648. The van der Waals surface area contributed by atoms with Gasteiger partial charge >= 0.3 is 12.0 Å². The summed E-state index contributed by atoms with van der Waals surface area (Å²) in [6, 6.07) is -0.740. The van der Waals surface area contributed by atoms with E-state index in [0.717, 1.165) is 43.0 Å². The second-order valence-electron chi connectivity index (χ2n) is 5.00. The molecule has 0 atom stereocenters. The van der Waals surface area contributed by atoms with Gasteiger partial charge in [-0.1, -0.05) is 0 Å². The van der Waals surface area contributed by atoms with Gasteiger partial charge in [0.25, 0.3) is 11.9 Å². The van der Waals surface area contributed by atoms with Crippen LogP contribution in [0, 0.1) is 0 Å². The predicted octanol–water partition coefficient (Wildman–Crippen LogP) is 1.02. The molecule has 1 heterocycles. The van der Waals surface area contributed by atoms with Gasteiger partial charge < -0.3 is 21.3 Å². The van der Waals surface area contributed by atoms with Crippen LogP contribution in [0.15, 0.2) is 0 Å². The van der Waals surface area contributed by atoms with E-state index in [1.54, 1.807) is 0 Å². The Morgan fingerprint density at radius 2 is 1.75 bits per heavy atom. The van der Waals surface area contributed by atoms with Crippen molar-refractivity contribution in [1.82, 2.24) is 5.32 Å². The van der Waals surface area contributed by atoms with Crippen molar-refractivity contribution in [3.8, 4) is 0 Å². The summed E-state index contributed by atoms with van der Waals surface area (Å²) in [5.41, 5.74) is 6.35. The molecule has 0 saturated carbocycles. The second kappa shape index (κ2) is 8.87. The molecule has 3 amide bonds. The molecule has 0 radical (unpaired) electrons. The minimum atomic E-state index is -1.12. The molecule has 1 aliphatic carbocycles. The summed E-state index contributed by atoms with van der Waals surface area (Å²) < 4.78 is 0. The number of aliphatic carboxylic acids is 2. The molecule has 132 valence electrons. The number of aryl methyl sites for hydroxylation is 1. The number of nitrogens with one attached hydrogen (secondary N) is 2. The third-order valence-corrected chi connectivity index (χ3v) is 4.24. The maximum atomic E-state index is 12.1. The molecule has 0 spiro atoms. The first-order valence-electron chi connectivity index (χ1n) is 7.12. The summed E-state index contributed by atoms with van der Waals surface area (Å²) in [4.78, 5) is 43.7. The Hall–Kier alpha value is -2.62. The third-order valence-electron chi connectivity index (χ3n) is 3.04. The van der Waals surface area contributed by atoms with E-state index in [1.807, 2.05) is 0 Å². The lowest BCUT2D eigenvalue weighted by Crippen LogP contribution is -2.31. The Labute approximate surface area is 141 Å². The smallest absolute Gasteiger partial charge is 0.322 e. The second-order valence-corrected chi connectivity index (χ2v) is 6.10. The summed E-state index contributed by atoms with van der Waals surface area (Å²) in [5, 5.41) is 21.2. The van der Waals surface area contributed by atoms with Crippen LogP contribution in [0.1, 0.15) is 40.6 Å². The summed E-state index contributed by atoms with van der Waals surface area (Å²) in [7, 11) is 0. The maximum absolute atomic E-state index is 12.1. The van der Waals surface area contributed by atoms with E-state index < -0.39 is 30.4 Å². The molecule has 0 unspecified atom stereocenters. The molecule has 0 fully saturated rings. The molecule has 0 bridgehead atoms. The van der Waals surface area contributed by atoms with E-state index in [-0.39, 0.29) is 0 Å². The van der Waals surface area contributed by atoms with Crippen LogP contribution in [-0.4, -0.2) is 40.6 Å². The fourth-order valence-corrected chi connectivity index (χ4v) is 3.54. The van der Waals surface area contributed by atoms with Crippen molar-refractivity contribution < 1.29 is 29.4 Å². The van der Waals surface area contributed by atoms with E-state index in [9.17, 15) is 14.4 Å². The van der Waals surface area contributed by atoms with Crippen molar-refractivity contribution in [3.63, 3.8) is 0 Å². The normalized spacial score (nSPS) is 12.2. The lowest BCUT2D eigenvalue weighted by Gasteiger charge is -2.12. The minimum absolute atomic E-state index is 0.352. The van der Waals surface area contributed by atoms with Gasteiger partial charge in [0.05, 0.1) is 5.56 Å². The van der Waals surface area contributed by atoms with Gasteiger partial charge in [0.1, 0.15) is 11.5 Å². The number of thiophene rings is 1. The molecule has 1 aliphatic rings. The molecule has 0 aromatic carbocycles. The molecular weight excluding hydrogens is 338 g/mol. The number of carboxylic acid groups (broad SMARTS) is 2. The van der Waals surface area contributed by atoms with E-state index >= 15 is 0 Å². The van der Waals surface area contributed by atoms with Crippen LogP contribution in [0.25, 0.3) is 0 Å². The third kappa shape index (κ3) is 5.88. The number of nitrogens with two attached hydrogens (primary N) is 1. The average molecular weight is 357 g/mol. The highest BCUT2D eigenvalue weighted by atomic mass is 32.1. The fraction of sp³-hybridized carbons (Fsp3) is 0.429. The number of primary amides is 1. The number of amides is 3. The monoisotopic (exact) mass is 357 g/mol. The van der Waals surface area contributed by atoms with Crippen LogP contribution >= 0.6 is 11.3 Å². The molecule has 10 heteroatoms. The summed E-state index contributed by atoms with van der Waals surface area (Å²) in [5.74, 6) is -2.44. The maximum Gasteiger partial charge on any atom is 0.322 e. The summed E-state index contributed by atoms with van der Waals surface area (Å²) in [6.45, 7) is 0.624. The Bertz CT molecular complexity index is 651. The van der Waals surface area contributed by atoms with Crippen LogP contribution in [-0.2, 0) is 22.4 Å². The van der Waals surface area contributed by atoms with Gasteiger partial charge in [-0.05, 0) is 31.2 Å². The summed E-state index contributed by atoms with van der Waals surface area (Å²) >= 11 is 1.33. The number of urea groups is 1. The number of carboxylic acids is 2. The van der Waals surface area contributed by atoms with Gasteiger partial charge in [-0.2, -0.15) is 0 Å². The van der Waals surface area contributed by atoms with E-state index in [2.05, 4.69) is 10.6 Å². The van der Waals surface area contributed by atoms with Crippen LogP contribution in [0.5, 0.6) is 0 Å². The number of hydrogen-bond donors (Lipinski definition) is 5. The number of carbonyl (C=O) groups is 4. The number of fused-ring (bicyclic) bond motifs is 1. The first-order chi connectivity index (χ1) is 11.2. The van der Waals surface area contributed by atoms with E-state index in [1.165, 1.54) is 11.3 Å².